The van der Waals surface area contributed by atoms with Crippen molar-refractivity contribution in [2.45, 2.75) is 19.5 Å². The van der Waals surface area contributed by atoms with Crippen LogP contribution in [0.1, 0.15) is 37.8 Å². The number of benzene rings is 1. The highest BCUT2D eigenvalue weighted by Gasteiger charge is 2.19. The lowest BCUT2D eigenvalue weighted by Crippen LogP contribution is -2.28. The number of ketones is 1. The number of Topliss-reactive ketones (excluding diaryl/α,β-unsaturated/α-hetero) is 1. The third kappa shape index (κ3) is 4.44. The van der Waals surface area contributed by atoms with E-state index in [1.54, 1.807) is 24.5 Å². The summed E-state index contributed by atoms with van der Waals surface area (Å²) in [5, 5.41) is 9.69. The average Bonchev–Trinajstić information content (AvgIpc) is 3.34. The molecular formula is C23H19N7O4. The SMILES string of the molecule is O=C1COc2ccc(CNC(=O)c3cc(C(=O)NCc4cnccn4)n4nccc4n3)cc2C1. The Hall–Kier alpha value is -4.67. The molecule has 34 heavy (non-hydrogen) atoms. The molecule has 170 valence electrons. The Morgan fingerprint density at radius 2 is 1.91 bits per heavy atom. The number of hydrogen-bond donors (Lipinski definition) is 2. The van der Waals surface area contributed by atoms with Gasteiger partial charge in [0, 0.05) is 43.1 Å². The highest BCUT2D eigenvalue weighted by molar-refractivity contribution is 5.98. The molecule has 0 saturated heterocycles. The zero-order chi connectivity index (χ0) is 23.5. The summed E-state index contributed by atoms with van der Waals surface area (Å²) in [7, 11) is 0. The fraction of sp³-hybridized carbons (Fsp3) is 0.174. The topological polar surface area (TPSA) is 140 Å². The molecule has 4 heterocycles. The van der Waals surface area contributed by atoms with Crippen molar-refractivity contribution < 1.29 is 19.1 Å². The minimum Gasteiger partial charge on any atom is -0.486 e. The summed E-state index contributed by atoms with van der Waals surface area (Å²) in [5.41, 5.74) is 2.81. The molecule has 0 spiro atoms. The van der Waals surface area contributed by atoms with Crippen molar-refractivity contribution >= 4 is 23.2 Å². The van der Waals surface area contributed by atoms with Gasteiger partial charge in [-0.05, 0) is 17.7 Å². The molecule has 0 saturated carbocycles. The minimum atomic E-state index is -0.447. The Labute approximate surface area is 193 Å². The van der Waals surface area contributed by atoms with Crippen LogP contribution in [0.3, 0.4) is 0 Å². The van der Waals surface area contributed by atoms with Crippen molar-refractivity contribution in [1.82, 2.24) is 35.2 Å². The Bertz CT molecular complexity index is 1400. The second kappa shape index (κ2) is 9.06. The van der Waals surface area contributed by atoms with Crippen LogP contribution in [-0.2, 0) is 24.3 Å². The lowest BCUT2D eigenvalue weighted by Gasteiger charge is -2.17. The zero-order valence-corrected chi connectivity index (χ0v) is 17.9. The van der Waals surface area contributed by atoms with Crippen LogP contribution in [0.25, 0.3) is 5.65 Å². The predicted octanol–water partition coefficient (Wildman–Crippen LogP) is 0.883. The van der Waals surface area contributed by atoms with Crippen LogP contribution in [0.15, 0.2) is 55.1 Å². The van der Waals surface area contributed by atoms with Gasteiger partial charge in [-0.1, -0.05) is 6.07 Å². The van der Waals surface area contributed by atoms with E-state index in [0.717, 1.165) is 11.1 Å². The number of carbonyl (C=O) groups excluding carboxylic acids is 3. The summed E-state index contributed by atoms with van der Waals surface area (Å²) in [5.74, 6) is -0.191. The summed E-state index contributed by atoms with van der Waals surface area (Å²) in [4.78, 5) is 49.7. The normalized spacial score (nSPS) is 12.6. The first kappa shape index (κ1) is 21.2. The number of nitrogens with zero attached hydrogens (tertiary/aromatic N) is 5. The van der Waals surface area contributed by atoms with Gasteiger partial charge in [-0.15, -0.1) is 0 Å². The highest BCUT2D eigenvalue weighted by Crippen LogP contribution is 2.24. The quantitative estimate of drug-likeness (QED) is 0.435. The van der Waals surface area contributed by atoms with Crippen LogP contribution >= 0.6 is 0 Å². The molecule has 5 rings (SSSR count). The van der Waals surface area contributed by atoms with Gasteiger partial charge in [-0.2, -0.15) is 5.10 Å². The molecule has 11 nitrogen and oxygen atoms in total. The summed E-state index contributed by atoms with van der Waals surface area (Å²) in [6.07, 6.45) is 6.45. The number of aromatic nitrogens is 5. The molecule has 0 aliphatic carbocycles. The van der Waals surface area contributed by atoms with Crippen LogP contribution < -0.4 is 15.4 Å². The first-order valence-electron chi connectivity index (χ1n) is 10.5. The Kier molecular flexibility index (Phi) is 5.65. The Morgan fingerprint density at radius 3 is 2.76 bits per heavy atom. The molecule has 0 radical (unpaired) electrons. The number of ether oxygens (including phenoxy) is 1. The summed E-state index contributed by atoms with van der Waals surface area (Å²) < 4.78 is 6.77. The van der Waals surface area contributed by atoms with E-state index in [2.05, 4.69) is 30.7 Å². The average molecular weight is 457 g/mol. The first-order chi connectivity index (χ1) is 16.6. The zero-order valence-electron chi connectivity index (χ0n) is 17.9. The molecule has 11 heteroatoms. The second-order valence-corrected chi connectivity index (χ2v) is 7.64. The van der Waals surface area contributed by atoms with Crippen molar-refractivity contribution in [1.29, 1.82) is 0 Å². The summed E-state index contributed by atoms with van der Waals surface area (Å²) in [6.45, 7) is 0.477. The van der Waals surface area contributed by atoms with Crippen molar-refractivity contribution in [3.05, 3.63) is 83.3 Å². The maximum absolute atomic E-state index is 12.8. The third-order valence-electron chi connectivity index (χ3n) is 5.23. The molecular weight excluding hydrogens is 438 g/mol. The highest BCUT2D eigenvalue weighted by atomic mass is 16.5. The van der Waals surface area contributed by atoms with E-state index in [0.29, 0.717) is 23.5 Å². The van der Waals surface area contributed by atoms with Gasteiger partial charge in [0.05, 0.1) is 24.6 Å². The van der Waals surface area contributed by atoms with E-state index in [1.807, 2.05) is 12.1 Å². The maximum Gasteiger partial charge on any atom is 0.270 e. The van der Waals surface area contributed by atoms with Gasteiger partial charge in [-0.25, -0.2) is 9.50 Å². The largest absolute Gasteiger partial charge is 0.486 e. The molecule has 2 N–H and O–H groups in total. The van der Waals surface area contributed by atoms with E-state index in [-0.39, 0.29) is 36.9 Å². The van der Waals surface area contributed by atoms with E-state index < -0.39 is 11.8 Å². The molecule has 1 aromatic carbocycles. The molecule has 0 unspecified atom stereocenters. The Balaban J connectivity index is 1.31. The molecule has 3 aromatic heterocycles. The molecule has 0 atom stereocenters. The van der Waals surface area contributed by atoms with Crippen LogP contribution in [0.5, 0.6) is 5.75 Å². The van der Waals surface area contributed by atoms with Crippen LogP contribution in [0.2, 0.25) is 0 Å². The van der Waals surface area contributed by atoms with E-state index in [1.165, 1.54) is 23.0 Å². The fourth-order valence-corrected chi connectivity index (χ4v) is 3.59. The van der Waals surface area contributed by atoms with E-state index >= 15 is 0 Å². The van der Waals surface area contributed by atoms with Crippen LogP contribution in [0.4, 0.5) is 0 Å². The van der Waals surface area contributed by atoms with Gasteiger partial charge in [0.2, 0.25) is 0 Å². The number of carbonyl (C=O) groups is 3. The van der Waals surface area contributed by atoms with Crippen LogP contribution in [-0.4, -0.2) is 48.8 Å². The molecule has 4 aromatic rings. The van der Waals surface area contributed by atoms with Gasteiger partial charge in [-0.3, -0.25) is 24.4 Å². The maximum atomic E-state index is 12.8. The molecule has 1 aliphatic rings. The number of nitrogens with one attached hydrogen (secondary N) is 2. The fourth-order valence-electron chi connectivity index (χ4n) is 3.59. The standard InChI is InChI=1S/C23H19N7O4/c31-17-8-15-7-14(1-2-20(15)34-13-17)10-26-22(32)18-9-19(30-21(29-18)3-4-28-30)23(33)27-12-16-11-24-5-6-25-16/h1-7,9,11H,8,10,12-13H2,(H,26,32)(H,27,33). The molecule has 2 amide bonds. The molecule has 1 aliphatic heterocycles. The summed E-state index contributed by atoms with van der Waals surface area (Å²) >= 11 is 0. The van der Waals surface area contributed by atoms with Crippen molar-refractivity contribution in [2.75, 3.05) is 6.61 Å². The number of hydrogen-bond acceptors (Lipinski definition) is 8. The number of rotatable bonds is 6. The second-order valence-electron chi connectivity index (χ2n) is 7.64. The van der Waals surface area contributed by atoms with Crippen LogP contribution in [0, 0.1) is 0 Å². The van der Waals surface area contributed by atoms with E-state index in [9.17, 15) is 14.4 Å². The van der Waals surface area contributed by atoms with Gasteiger partial charge in [0.1, 0.15) is 23.7 Å². The molecule has 0 fully saturated rings. The molecule has 0 bridgehead atoms. The monoisotopic (exact) mass is 457 g/mol. The Morgan fingerprint density at radius 1 is 1.03 bits per heavy atom. The lowest BCUT2D eigenvalue weighted by atomic mass is 10.0. The van der Waals surface area contributed by atoms with Gasteiger partial charge in [0.25, 0.3) is 11.8 Å². The third-order valence-corrected chi connectivity index (χ3v) is 5.23. The van der Waals surface area contributed by atoms with Crippen molar-refractivity contribution in [3.63, 3.8) is 0 Å². The first-order valence-corrected chi connectivity index (χ1v) is 10.5. The summed E-state index contributed by atoms with van der Waals surface area (Å²) in [6, 6.07) is 8.45. The van der Waals surface area contributed by atoms with Gasteiger partial charge in [0.15, 0.2) is 11.4 Å². The van der Waals surface area contributed by atoms with Crippen molar-refractivity contribution in [3.8, 4) is 5.75 Å². The minimum absolute atomic E-state index is 0.0112. The predicted molar refractivity (Wildman–Crippen MR) is 118 cm³/mol. The smallest absolute Gasteiger partial charge is 0.270 e. The van der Waals surface area contributed by atoms with Gasteiger partial charge >= 0.3 is 0 Å². The number of fused-ring (bicyclic) bond motifs is 2. The lowest BCUT2D eigenvalue weighted by molar-refractivity contribution is -0.121. The van der Waals surface area contributed by atoms with Crippen molar-refractivity contribution in [2.24, 2.45) is 0 Å². The number of amides is 2. The van der Waals surface area contributed by atoms with E-state index in [4.69, 9.17) is 4.74 Å². The van der Waals surface area contributed by atoms with Gasteiger partial charge < -0.3 is 15.4 Å².